The van der Waals surface area contributed by atoms with E-state index in [4.69, 9.17) is 4.74 Å². The number of alkyl halides is 1. The van der Waals surface area contributed by atoms with Gasteiger partial charge in [0, 0.05) is 0 Å². The Balaban J connectivity index is 2.45. The van der Waals surface area contributed by atoms with E-state index in [0.717, 1.165) is 24.4 Å². The minimum atomic E-state index is 0.174. The zero-order chi connectivity index (χ0) is 14.2. The van der Waals surface area contributed by atoms with Gasteiger partial charge in [-0.05, 0) is 74.0 Å². The Morgan fingerprint density at radius 1 is 1.11 bits per heavy atom. The molecule has 0 aliphatic rings. The normalized spacial score (nSPS) is 12.5. The van der Waals surface area contributed by atoms with Crippen LogP contribution in [0.15, 0.2) is 25.8 Å². The van der Waals surface area contributed by atoms with E-state index in [0.29, 0.717) is 0 Å². The molecule has 19 heavy (non-hydrogen) atoms. The summed E-state index contributed by atoms with van der Waals surface area (Å²) in [5.74, 6) is 0.967. The third-order valence-corrected chi connectivity index (χ3v) is 6.34. The maximum Gasteiger partial charge on any atom is 0.124 e. The van der Waals surface area contributed by atoms with Gasteiger partial charge in [0.15, 0.2) is 0 Å². The number of hydrogen-bond acceptors (Lipinski definition) is 2. The molecule has 5 heteroatoms. The average Bonchev–Trinajstić information content (AvgIpc) is 2.67. The largest absolute Gasteiger partial charge is 0.496 e. The van der Waals surface area contributed by atoms with Crippen LogP contribution in [0.4, 0.5) is 0 Å². The Morgan fingerprint density at radius 3 is 2.11 bits per heavy atom. The molecule has 0 N–H and O–H groups in total. The molecule has 0 radical (unpaired) electrons. The molecule has 0 aliphatic heterocycles. The Labute approximate surface area is 142 Å². The summed E-state index contributed by atoms with van der Waals surface area (Å²) in [4.78, 5) is 0.174. The van der Waals surface area contributed by atoms with Gasteiger partial charge in [0.25, 0.3) is 0 Å². The summed E-state index contributed by atoms with van der Waals surface area (Å²) in [6.07, 6.45) is 0. The zero-order valence-electron chi connectivity index (χ0n) is 10.8. The van der Waals surface area contributed by atoms with Crippen LogP contribution in [0, 0.1) is 13.8 Å². The van der Waals surface area contributed by atoms with Crippen molar-refractivity contribution < 1.29 is 4.74 Å². The Kier molecular flexibility index (Phi) is 5.15. The highest BCUT2D eigenvalue weighted by Gasteiger charge is 2.18. The summed E-state index contributed by atoms with van der Waals surface area (Å²) in [6.45, 7) is 4.15. The molecule has 2 rings (SSSR count). The number of aryl methyl sites for hydroxylation is 2. The predicted octanol–water partition coefficient (Wildman–Crippen LogP) is 6.38. The SMILES string of the molecule is COc1c(C)cc(C(Br)c2cc(Br)sc2Br)cc1C. The Morgan fingerprint density at radius 2 is 1.68 bits per heavy atom. The zero-order valence-corrected chi connectivity index (χ0v) is 16.3. The quantitative estimate of drug-likeness (QED) is 0.475. The van der Waals surface area contributed by atoms with Gasteiger partial charge in [0.05, 0.1) is 19.5 Å². The molecule has 0 spiro atoms. The molecule has 0 saturated carbocycles. The van der Waals surface area contributed by atoms with Crippen molar-refractivity contribution in [1.29, 1.82) is 0 Å². The third-order valence-electron chi connectivity index (χ3n) is 2.94. The first-order chi connectivity index (χ1) is 8.93. The molecule has 0 bridgehead atoms. The fourth-order valence-electron chi connectivity index (χ4n) is 2.16. The van der Waals surface area contributed by atoms with Crippen LogP contribution in [0.1, 0.15) is 27.1 Å². The van der Waals surface area contributed by atoms with Crippen LogP contribution in [0.3, 0.4) is 0 Å². The number of halogens is 3. The van der Waals surface area contributed by atoms with E-state index >= 15 is 0 Å². The minimum absolute atomic E-state index is 0.174. The second-order valence-corrected chi connectivity index (χ2v) is 9.00. The van der Waals surface area contributed by atoms with Gasteiger partial charge in [0.2, 0.25) is 0 Å². The molecular weight excluding hydrogens is 456 g/mol. The van der Waals surface area contributed by atoms with E-state index in [-0.39, 0.29) is 4.83 Å². The van der Waals surface area contributed by atoms with Gasteiger partial charge < -0.3 is 4.74 Å². The molecule has 0 aliphatic carbocycles. The van der Waals surface area contributed by atoms with E-state index in [1.807, 2.05) is 0 Å². The van der Waals surface area contributed by atoms with E-state index in [1.54, 1.807) is 18.4 Å². The summed E-state index contributed by atoms with van der Waals surface area (Å²) in [6, 6.07) is 6.48. The first kappa shape index (κ1) is 15.5. The molecule has 1 nitrogen and oxygen atoms in total. The first-order valence-corrected chi connectivity index (χ1v) is 8.99. The monoisotopic (exact) mass is 466 g/mol. The van der Waals surface area contributed by atoms with Crippen LogP contribution in [-0.2, 0) is 0 Å². The van der Waals surface area contributed by atoms with Crippen molar-refractivity contribution >= 4 is 59.1 Å². The average molecular weight is 469 g/mol. The topological polar surface area (TPSA) is 9.23 Å². The van der Waals surface area contributed by atoms with Crippen molar-refractivity contribution in [3.63, 3.8) is 0 Å². The number of rotatable bonds is 3. The van der Waals surface area contributed by atoms with Crippen LogP contribution >= 0.6 is 59.1 Å². The number of hydrogen-bond donors (Lipinski definition) is 0. The van der Waals surface area contributed by atoms with Gasteiger partial charge in [-0.1, -0.05) is 28.1 Å². The highest BCUT2D eigenvalue weighted by atomic mass is 79.9. The second kappa shape index (κ2) is 6.29. The van der Waals surface area contributed by atoms with Crippen molar-refractivity contribution in [2.45, 2.75) is 18.7 Å². The number of thiophene rings is 1. The lowest BCUT2D eigenvalue weighted by Crippen LogP contribution is -1.97. The van der Waals surface area contributed by atoms with Gasteiger partial charge in [0.1, 0.15) is 5.75 Å². The lowest BCUT2D eigenvalue weighted by molar-refractivity contribution is 0.408. The molecule has 1 unspecified atom stereocenters. The summed E-state index contributed by atoms with van der Waals surface area (Å²) < 4.78 is 7.69. The maximum absolute atomic E-state index is 5.41. The summed E-state index contributed by atoms with van der Waals surface area (Å²) in [7, 11) is 1.72. The summed E-state index contributed by atoms with van der Waals surface area (Å²) in [5, 5.41) is 0. The van der Waals surface area contributed by atoms with E-state index < -0.39 is 0 Å². The molecule has 1 aromatic carbocycles. The van der Waals surface area contributed by atoms with Crippen LogP contribution < -0.4 is 4.74 Å². The van der Waals surface area contributed by atoms with Crippen molar-refractivity contribution in [2.24, 2.45) is 0 Å². The number of ether oxygens (including phenoxy) is 1. The highest BCUT2D eigenvalue weighted by Crippen LogP contribution is 2.43. The lowest BCUT2D eigenvalue weighted by Gasteiger charge is -2.15. The Hall–Kier alpha value is 0.160. The van der Waals surface area contributed by atoms with Crippen molar-refractivity contribution in [1.82, 2.24) is 0 Å². The van der Waals surface area contributed by atoms with Gasteiger partial charge in [-0.25, -0.2) is 0 Å². The minimum Gasteiger partial charge on any atom is -0.496 e. The van der Waals surface area contributed by atoms with E-state index in [9.17, 15) is 0 Å². The van der Waals surface area contributed by atoms with Gasteiger partial charge in [-0.3, -0.25) is 0 Å². The molecule has 0 amide bonds. The molecule has 2 aromatic rings. The Bertz CT molecular complexity index is 584. The predicted molar refractivity (Wildman–Crippen MR) is 93.0 cm³/mol. The number of benzene rings is 1. The number of methoxy groups -OCH3 is 1. The third kappa shape index (κ3) is 3.26. The summed E-state index contributed by atoms with van der Waals surface area (Å²) in [5.41, 5.74) is 4.79. The van der Waals surface area contributed by atoms with Crippen LogP contribution in [0.25, 0.3) is 0 Å². The fraction of sp³-hybridized carbons (Fsp3) is 0.286. The molecule has 1 heterocycles. The van der Waals surface area contributed by atoms with E-state index in [2.05, 4.69) is 79.8 Å². The van der Waals surface area contributed by atoms with Crippen LogP contribution in [-0.4, -0.2) is 7.11 Å². The standard InChI is InChI=1S/C14H13Br3OS/c1-7-4-9(5-8(2)13(7)18-3)12(16)10-6-11(15)19-14(10)17/h4-6,12H,1-3H3. The molecule has 102 valence electrons. The maximum atomic E-state index is 5.41. The van der Waals surface area contributed by atoms with Crippen molar-refractivity contribution in [2.75, 3.05) is 7.11 Å². The van der Waals surface area contributed by atoms with Gasteiger partial charge >= 0.3 is 0 Å². The second-order valence-electron chi connectivity index (χ2n) is 4.33. The molecule has 1 atom stereocenters. The molecule has 0 saturated heterocycles. The molecule has 1 aromatic heterocycles. The van der Waals surface area contributed by atoms with Gasteiger partial charge in [-0.2, -0.15) is 0 Å². The molecular formula is C14H13Br3OS. The molecule has 0 fully saturated rings. The first-order valence-electron chi connectivity index (χ1n) is 5.68. The van der Waals surface area contributed by atoms with E-state index in [1.165, 1.54) is 11.1 Å². The summed E-state index contributed by atoms with van der Waals surface area (Å²) >= 11 is 12.6. The van der Waals surface area contributed by atoms with Crippen LogP contribution in [0.5, 0.6) is 5.75 Å². The smallest absolute Gasteiger partial charge is 0.124 e. The highest BCUT2D eigenvalue weighted by molar-refractivity contribution is 9.12. The van der Waals surface area contributed by atoms with Crippen LogP contribution in [0.2, 0.25) is 0 Å². The fourth-order valence-corrected chi connectivity index (χ4v) is 6.14. The van der Waals surface area contributed by atoms with Crippen molar-refractivity contribution in [3.8, 4) is 5.75 Å². The van der Waals surface area contributed by atoms with Gasteiger partial charge in [-0.15, -0.1) is 11.3 Å². The van der Waals surface area contributed by atoms with Crippen molar-refractivity contribution in [3.05, 3.63) is 48.0 Å². The lowest BCUT2D eigenvalue weighted by atomic mass is 10.0.